The second-order valence-corrected chi connectivity index (χ2v) is 4.97. The van der Waals surface area contributed by atoms with Gasteiger partial charge in [0.2, 0.25) is 0 Å². The van der Waals surface area contributed by atoms with Crippen molar-refractivity contribution >= 4 is 28.1 Å². The summed E-state index contributed by atoms with van der Waals surface area (Å²) in [7, 11) is 0. The third-order valence-corrected chi connectivity index (χ3v) is 3.42. The number of ether oxygens (including phenoxy) is 1. The molecule has 0 spiro atoms. The van der Waals surface area contributed by atoms with E-state index in [0.717, 1.165) is 16.5 Å². The summed E-state index contributed by atoms with van der Waals surface area (Å²) in [6.07, 6.45) is 0. The highest BCUT2D eigenvalue weighted by molar-refractivity contribution is 5.92. The summed E-state index contributed by atoms with van der Waals surface area (Å²) < 4.78 is 4.95. The van der Waals surface area contributed by atoms with Gasteiger partial charge in [0.15, 0.2) is 0 Å². The van der Waals surface area contributed by atoms with E-state index in [0.29, 0.717) is 17.9 Å². The van der Waals surface area contributed by atoms with Gasteiger partial charge in [0, 0.05) is 5.39 Å². The second kappa shape index (κ2) is 6.83. The molecule has 23 heavy (non-hydrogen) atoms. The van der Waals surface area contributed by atoms with Crippen LogP contribution < -0.4 is 0 Å². The van der Waals surface area contributed by atoms with Crippen LogP contribution in [0, 0.1) is 0 Å². The first kappa shape index (κ1) is 14.9. The van der Waals surface area contributed by atoms with Gasteiger partial charge in [0.25, 0.3) is 0 Å². The van der Waals surface area contributed by atoms with E-state index in [-0.39, 0.29) is 5.97 Å². The fraction of sp³-hybridized carbons (Fsp3) is 0.105. The predicted octanol–water partition coefficient (Wildman–Crippen LogP) is 5.43. The molecule has 4 nitrogen and oxygen atoms in total. The number of nitrogens with zero attached hydrogens (tertiary/aromatic N) is 2. The lowest BCUT2D eigenvalue weighted by atomic mass is 10.1. The molecule has 0 unspecified atom stereocenters. The maximum Gasteiger partial charge on any atom is 0.338 e. The topological polar surface area (TPSA) is 51.0 Å². The molecule has 0 aromatic heterocycles. The lowest BCUT2D eigenvalue weighted by molar-refractivity contribution is 0.0526. The van der Waals surface area contributed by atoms with Crippen LogP contribution in [0.4, 0.5) is 11.4 Å². The van der Waals surface area contributed by atoms with Crippen molar-refractivity contribution in [3.63, 3.8) is 0 Å². The summed E-state index contributed by atoms with van der Waals surface area (Å²) in [5.41, 5.74) is 2.01. The Bertz CT molecular complexity index is 849. The van der Waals surface area contributed by atoms with Crippen molar-refractivity contribution in [3.05, 3.63) is 72.3 Å². The minimum Gasteiger partial charge on any atom is -0.462 e. The van der Waals surface area contributed by atoms with Crippen molar-refractivity contribution in [2.45, 2.75) is 6.92 Å². The number of carbonyl (C=O) groups excluding carboxylic acids is 1. The SMILES string of the molecule is CCOC(=O)c1ccc(N=Nc2cccc3ccccc23)cc1. The van der Waals surface area contributed by atoms with Gasteiger partial charge >= 0.3 is 5.97 Å². The van der Waals surface area contributed by atoms with Crippen LogP contribution in [0.25, 0.3) is 10.8 Å². The van der Waals surface area contributed by atoms with Crippen molar-refractivity contribution in [1.82, 2.24) is 0 Å². The van der Waals surface area contributed by atoms with E-state index in [2.05, 4.69) is 10.2 Å². The maximum atomic E-state index is 11.6. The first-order valence-corrected chi connectivity index (χ1v) is 7.44. The number of esters is 1. The van der Waals surface area contributed by atoms with Gasteiger partial charge in [-0.25, -0.2) is 4.79 Å². The van der Waals surface area contributed by atoms with Crippen molar-refractivity contribution in [3.8, 4) is 0 Å². The first-order valence-electron chi connectivity index (χ1n) is 7.44. The molecule has 0 saturated heterocycles. The molecule has 4 heteroatoms. The van der Waals surface area contributed by atoms with Gasteiger partial charge < -0.3 is 4.74 Å². The summed E-state index contributed by atoms with van der Waals surface area (Å²) in [6, 6.07) is 20.9. The average molecular weight is 304 g/mol. The highest BCUT2D eigenvalue weighted by atomic mass is 16.5. The molecule has 0 bridgehead atoms. The van der Waals surface area contributed by atoms with Gasteiger partial charge in [0.1, 0.15) is 0 Å². The molecular formula is C19H16N2O2. The molecule has 3 rings (SSSR count). The van der Waals surface area contributed by atoms with Gasteiger partial charge in [-0.15, -0.1) is 5.11 Å². The highest BCUT2D eigenvalue weighted by Gasteiger charge is 2.05. The van der Waals surface area contributed by atoms with Crippen LogP contribution in [-0.2, 0) is 4.74 Å². The molecule has 3 aromatic carbocycles. The zero-order chi connectivity index (χ0) is 16.1. The highest BCUT2D eigenvalue weighted by Crippen LogP contribution is 2.27. The summed E-state index contributed by atoms with van der Waals surface area (Å²) in [5, 5.41) is 10.8. The molecule has 0 atom stereocenters. The van der Waals surface area contributed by atoms with Gasteiger partial charge in [-0.2, -0.15) is 5.11 Å². The molecule has 3 aromatic rings. The van der Waals surface area contributed by atoms with E-state index in [1.165, 1.54) is 0 Å². The Morgan fingerprint density at radius 3 is 2.43 bits per heavy atom. The summed E-state index contributed by atoms with van der Waals surface area (Å²) in [4.78, 5) is 11.6. The van der Waals surface area contributed by atoms with E-state index < -0.39 is 0 Å². The van der Waals surface area contributed by atoms with E-state index in [4.69, 9.17) is 4.74 Å². The molecule has 0 fully saturated rings. The number of carbonyl (C=O) groups is 1. The Morgan fingerprint density at radius 1 is 0.913 bits per heavy atom. The third kappa shape index (κ3) is 3.43. The summed E-state index contributed by atoms with van der Waals surface area (Å²) in [6.45, 7) is 2.14. The number of hydrogen-bond acceptors (Lipinski definition) is 4. The van der Waals surface area contributed by atoms with Crippen LogP contribution in [-0.4, -0.2) is 12.6 Å². The number of azo groups is 1. The van der Waals surface area contributed by atoms with Crippen molar-refractivity contribution in [2.75, 3.05) is 6.61 Å². The predicted molar refractivity (Wildman–Crippen MR) is 90.5 cm³/mol. The summed E-state index contributed by atoms with van der Waals surface area (Å²) >= 11 is 0. The number of hydrogen-bond donors (Lipinski definition) is 0. The van der Waals surface area contributed by atoms with Crippen molar-refractivity contribution in [1.29, 1.82) is 0 Å². The van der Waals surface area contributed by atoms with Gasteiger partial charge in [-0.05, 0) is 42.6 Å². The summed E-state index contributed by atoms with van der Waals surface area (Å²) in [5.74, 6) is -0.329. The number of benzene rings is 3. The zero-order valence-electron chi connectivity index (χ0n) is 12.8. The molecule has 0 aliphatic carbocycles. The molecule has 114 valence electrons. The molecule has 0 amide bonds. The molecule has 0 aliphatic rings. The minimum absolute atomic E-state index is 0.329. The van der Waals surface area contributed by atoms with E-state index in [9.17, 15) is 4.79 Å². The number of fused-ring (bicyclic) bond motifs is 1. The maximum absolute atomic E-state index is 11.6. The van der Waals surface area contributed by atoms with Crippen molar-refractivity contribution < 1.29 is 9.53 Å². The molecule has 0 heterocycles. The standard InChI is InChI=1S/C19H16N2O2/c1-2-23-19(22)15-10-12-16(13-11-15)20-21-18-9-5-7-14-6-3-4-8-17(14)18/h3-13H,2H2,1H3. The molecule has 0 radical (unpaired) electrons. The van der Waals surface area contributed by atoms with Crippen LogP contribution in [0.3, 0.4) is 0 Å². The van der Waals surface area contributed by atoms with Crippen LogP contribution in [0.1, 0.15) is 17.3 Å². The Morgan fingerprint density at radius 2 is 1.65 bits per heavy atom. The van der Waals surface area contributed by atoms with Crippen molar-refractivity contribution in [2.24, 2.45) is 10.2 Å². The van der Waals surface area contributed by atoms with E-state index in [1.54, 1.807) is 31.2 Å². The average Bonchev–Trinajstić information content (AvgIpc) is 2.60. The molecular weight excluding hydrogens is 288 g/mol. The lowest BCUT2D eigenvalue weighted by Crippen LogP contribution is -2.03. The van der Waals surface area contributed by atoms with Crippen LogP contribution in [0.5, 0.6) is 0 Å². The quantitative estimate of drug-likeness (QED) is 0.476. The normalized spacial score (nSPS) is 11.0. The molecule has 0 N–H and O–H groups in total. The fourth-order valence-corrected chi connectivity index (χ4v) is 2.29. The number of rotatable bonds is 4. The van der Waals surface area contributed by atoms with E-state index >= 15 is 0 Å². The molecule has 0 saturated carbocycles. The Labute approximate surface area is 134 Å². The molecule has 0 aliphatic heterocycles. The zero-order valence-corrected chi connectivity index (χ0v) is 12.8. The third-order valence-electron chi connectivity index (χ3n) is 3.42. The van der Waals surface area contributed by atoms with Gasteiger partial charge in [-0.3, -0.25) is 0 Å². The van der Waals surface area contributed by atoms with Gasteiger partial charge in [-0.1, -0.05) is 36.4 Å². The Kier molecular flexibility index (Phi) is 4.43. The lowest BCUT2D eigenvalue weighted by Gasteiger charge is -2.02. The van der Waals surface area contributed by atoms with Crippen LogP contribution in [0.2, 0.25) is 0 Å². The Balaban J connectivity index is 1.83. The smallest absolute Gasteiger partial charge is 0.338 e. The monoisotopic (exact) mass is 304 g/mol. The van der Waals surface area contributed by atoms with Gasteiger partial charge in [0.05, 0.1) is 23.5 Å². The van der Waals surface area contributed by atoms with Crippen LogP contribution >= 0.6 is 0 Å². The van der Waals surface area contributed by atoms with Crippen LogP contribution in [0.15, 0.2) is 77.0 Å². The first-order chi connectivity index (χ1) is 11.3. The minimum atomic E-state index is -0.329. The largest absolute Gasteiger partial charge is 0.462 e. The Hall–Kier alpha value is -3.01. The fourth-order valence-electron chi connectivity index (χ4n) is 2.29. The van der Waals surface area contributed by atoms with E-state index in [1.807, 2.05) is 42.5 Å². The second-order valence-electron chi connectivity index (χ2n) is 4.97.